The summed E-state index contributed by atoms with van der Waals surface area (Å²) in [4.78, 5) is 8.01. The van der Waals surface area contributed by atoms with E-state index in [-0.39, 0.29) is 6.04 Å². The Hall–Kier alpha value is -1.36. The molecule has 0 amide bonds. The molecule has 1 heterocycles. The predicted octanol–water partition coefficient (Wildman–Crippen LogP) is 1.27. The normalized spacial score (nSPS) is 12.6. The molecule has 0 aliphatic heterocycles. The van der Waals surface area contributed by atoms with Crippen LogP contribution in [0.25, 0.3) is 0 Å². The topological polar surface area (TPSA) is 73.1 Å². The second-order valence-corrected chi connectivity index (χ2v) is 4.22. The van der Waals surface area contributed by atoms with Crippen molar-refractivity contribution in [2.24, 2.45) is 11.7 Å². The summed E-state index contributed by atoms with van der Waals surface area (Å²) in [5, 5.41) is 3.17. The summed E-state index contributed by atoms with van der Waals surface area (Å²) in [6.07, 6.45) is 2.46. The lowest BCUT2D eigenvalue weighted by Crippen LogP contribution is -2.30. The van der Waals surface area contributed by atoms with E-state index in [4.69, 9.17) is 10.5 Å². The van der Waals surface area contributed by atoms with E-state index < -0.39 is 0 Å². The molecule has 3 N–H and O–H groups in total. The number of nitrogens with one attached hydrogen (secondary N) is 1. The number of nitrogens with two attached hydrogens (primary N) is 1. The fourth-order valence-electron chi connectivity index (χ4n) is 1.47. The Bertz CT molecular complexity index is 317. The number of methoxy groups -OCH3 is 1. The Balaban J connectivity index is 2.41. The number of rotatable bonds is 6. The minimum absolute atomic E-state index is 0.140. The molecule has 0 aliphatic carbocycles. The minimum Gasteiger partial charge on any atom is -0.481 e. The first-order valence-corrected chi connectivity index (χ1v) is 5.47. The highest BCUT2D eigenvalue weighted by Crippen LogP contribution is 2.10. The molecule has 16 heavy (non-hydrogen) atoms. The van der Waals surface area contributed by atoms with Gasteiger partial charge in [-0.15, -0.1) is 0 Å². The molecule has 1 atom stereocenters. The van der Waals surface area contributed by atoms with Gasteiger partial charge in [-0.25, -0.2) is 9.97 Å². The second kappa shape index (κ2) is 6.27. The standard InChI is InChI=1S/C11H20N4O/c1-8(2)4-9(12)6-13-10-5-11(16-3)15-7-14-10/h5,7-9H,4,6,12H2,1-3H3,(H,13,14,15). The number of hydrogen-bond acceptors (Lipinski definition) is 5. The van der Waals surface area contributed by atoms with Crippen molar-refractivity contribution in [2.75, 3.05) is 19.0 Å². The number of anilines is 1. The maximum absolute atomic E-state index is 5.96. The van der Waals surface area contributed by atoms with E-state index in [1.54, 1.807) is 13.2 Å². The van der Waals surface area contributed by atoms with E-state index in [0.717, 1.165) is 12.2 Å². The zero-order valence-corrected chi connectivity index (χ0v) is 10.1. The van der Waals surface area contributed by atoms with Crippen molar-refractivity contribution in [3.05, 3.63) is 12.4 Å². The number of nitrogens with zero attached hydrogens (tertiary/aromatic N) is 2. The van der Waals surface area contributed by atoms with E-state index >= 15 is 0 Å². The molecule has 0 saturated heterocycles. The Morgan fingerprint density at radius 1 is 1.44 bits per heavy atom. The molecule has 0 saturated carbocycles. The Morgan fingerprint density at radius 2 is 2.19 bits per heavy atom. The molecule has 0 aliphatic rings. The van der Waals surface area contributed by atoms with Crippen LogP contribution >= 0.6 is 0 Å². The van der Waals surface area contributed by atoms with Crippen molar-refractivity contribution in [1.82, 2.24) is 9.97 Å². The molecule has 0 radical (unpaired) electrons. The van der Waals surface area contributed by atoms with Crippen LogP contribution in [0.1, 0.15) is 20.3 Å². The molecule has 1 aromatic rings. The van der Waals surface area contributed by atoms with E-state index in [9.17, 15) is 0 Å². The summed E-state index contributed by atoms with van der Waals surface area (Å²) in [6, 6.07) is 1.89. The van der Waals surface area contributed by atoms with Gasteiger partial charge in [0.15, 0.2) is 0 Å². The van der Waals surface area contributed by atoms with Gasteiger partial charge in [-0.2, -0.15) is 0 Å². The summed E-state index contributed by atoms with van der Waals surface area (Å²) in [5.41, 5.74) is 5.96. The smallest absolute Gasteiger partial charge is 0.218 e. The lowest BCUT2D eigenvalue weighted by atomic mass is 10.0. The molecule has 5 nitrogen and oxygen atoms in total. The largest absolute Gasteiger partial charge is 0.481 e. The van der Waals surface area contributed by atoms with Crippen molar-refractivity contribution in [2.45, 2.75) is 26.3 Å². The number of hydrogen-bond donors (Lipinski definition) is 2. The average Bonchev–Trinajstić information content (AvgIpc) is 2.26. The van der Waals surface area contributed by atoms with Crippen LogP contribution in [0.15, 0.2) is 12.4 Å². The van der Waals surface area contributed by atoms with Crippen LogP contribution < -0.4 is 15.8 Å². The van der Waals surface area contributed by atoms with Gasteiger partial charge in [0.1, 0.15) is 12.1 Å². The monoisotopic (exact) mass is 224 g/mol. The molecule has 90 valence electrons. The third-order valence-corrected chi connectivity index (χ3v) is 2.17. The van der Waals surface area contributed by atoms with Crippen molar-refractivity contribution in [3.8, 4) is 5.88 Å². The SMILES string of the molecule is COc1cc(NCC(N)CC(C)C)ncn1. The van der Waals surface area contributed by atoms with Crippen LogP contribution in [0.5, 0.6) is 5.88 Å². The summed E-state index contributed by atoms with van der Waals surface area (Å²) in [7, 11) is 1.58. The summed E-state index contributed by atoms with van der Waals surface area (Å²) in [6.45, 7) is 5.03. The first-order valence-electron chi connectivity index (χ1n) is 5.47. The Kier molecular flexibility index (Phi) is 4.98. The Morgan fingerprint density at radius 3 is 2.81 bits per heavy atom. The molecule has 1 rings (SSSR count). The van der Waals surface area contributed by atoms with Gasteiger partial charge in [0.05, 0.1) is 7.11 Å². The first-order chi connectivity index (χ1) is 7.61. The highest BCUT2D eigenvalue weighted by molar-refractivity contribution is 5.37. The average molecular weight is 224 g/mol. The minimum atomic E-state index is 0.140. The fourth-order valence-corrected chi connectivity index (χ4v) is 1.47. The van der Waals surface area contributed by atoms with Crippen LogP contribution in [-0.4, -0.2) is 29.7 Å². The number of aromatic nitrogens is 2. The van der Waals surface area contributed by atoms with Crippen LogP contribution in [-0.2, 0) is 0 Å². The van der Waals surface area contributed by atoms with E-state index in [0.29, 0.717) is 18.3 Å². The van der Waals surface area contributed by atoms with Gasteiger partial charge in [-0.3, -0.25) is 0 Å². The molecule has 5 heteroatoms. The van der Waals surface area contributed by atoms with Crippen LogP contribution in [0.3, 0.4) is 0 Å². The summed E-state index contributed by atoms with van der Waals surface area (Å²) in [5.74, 6) is 1.90. The van der Waals surface area contributed by atoms with Gasteiger partial charge in [-0.05, 0) is 12.3 Å². The second-order valence-electron chi connectivity index (χ2n) is 4.22. The lowest BCUT2D eigenvalue weighted by molar-refractivity contribution is 0.397. The van der Waals surface area contributed by atoms with Gasteiger partial charge in [-0.1, -0.05) is 13.8 Å². The quantitative estimate of drug-likeness (QED) is 0.761. The van der Waals surface area contributed by atoms with Crippen LogP contribution in [0.4, 0.5) is 5.82 Å². The molecule has 1 unspecified atom stereocenters. The maximum atomic E-state index is 5.96. The maximum Gasteiger partial charge on any atom is 0.218 e. The molecule has 0 fully saturated rings. The van der Waals surface area contributed by atoms with Gasteiger partial charge >= 0.3 is 0 Å². The summed E-state index contributed by atoms with van der Waals surface area (Å²) < 4.78 is 5.00. The Labute approximate surface area is 96.4 Å². The predicted molar refractivity (Wildman–Crippen MR) is 64.5 cm³/mol. The highest BCUT2D eigenvalue weighted by atomic mass is 16.5. The van der Waals surface area contributed by atoms with E-state index in [1.807, 2.05) is 0 Å². The zero-order chi connectivity index (χ0) is 12.0. The van der Waals surface area contributed by atoms with Gasteiger partial charge in [0.25, 0.3) is 0 Å². The molecule has 0 bridgehead atoms. The van der Waals surface area contributed by atoms with Crippen molar-refractivity contribution in [1.29, 1.82) is 0 Å². The lowest BCUT2D eigenvalue weighted by Gasteiger charge is -2.15. The third kappa shape index (κ3) is 4.44. The first kappa shape index (κ1) is 12.7. The van der Waals surface area contributed by atoms with Gasteiger partial charge in [0, 0.05) is 18.7 Å². The van der Waals surface area contributed by atoms with Crippen LogP contribution in [0, 0.1) is 5.92 Å². The molecular formula is C11H20N4O. The van der Waals surface area contributed by atoms with Crippen molar-refractivity contribution >= 4 is 5.82 Å². The van der Waals surface area contributed by atoms with Gasteiger partial charge in [0.2, 0.25) is 5.88 Å². The van der Waals surface area contributed by atoms with Crippen molar-refractivity contribution in [3.63, 3.8) is 0 Å². The van der Waals surface area contributed by atoms with E-state index in [2.05, 4.69) is 29.1 Å². The molecule has 1 aromatic heterocycles. The van der Waals surface area contributed by atoms with Crippen molar-refractivity contribution < 1.29 is 4.74 Å². The highest BCUT2D eigenvalue weighted by Gasteiger charge is 2.06. The van der Waals surface area contributed by atoms with Crippen LogP contribution in [0.2, 0.25) is 0 Å². The molecule has 0 spiro atoms. The molecular weight excluding hydrogens is 204 g/mol. The zero-order valence-electron chi connectivity index (χ0n) is 10.1. The summed E-state index contributed by atoms with van der Waals surface area (Å²) >= 11 is 0. The third-order valence-electron chi connectivity index (χ3n) is 2.17. The fraction of sp³-hybridized carbons (Fsp3) is 0.636. The van der Waals surface area contributed by atoms with Gasteiger partial charge < -0.3 is 15.8 Å². The van der Waals surface area contributed by atoms with E-state index in [1.165, 1.54) is 6.33 Å². The number of ether oxygens (including phenoxy) is 1. The molecule has 0 aromatic carbocycles.